The van der Waals surface area contributed by atoms with E-state index >= 15 is 0 Å². The summed E-state index contributed by atoms with van der Waals surface area (Å²) in [6.07, 6.45) is 3.09. The first-order valence-electron chi connectivity index (χ1n) is 12.2. The maximum Gasteiger partial charge on any atom is 0.347 e. The van der Waals surface area contributed by atoms with E-state index in [1.807, 2.05) is 27.7 Å². The second kappa shape index (κ2) is 10.6. The number of rotatable bonds is 10. The Labute approximate surface area is 207 Å². The summed E-state index contributed by atoms with van der Waals surface area (Å²) in [7, 11) is 0. The lowest BCUT2D eigenvalue weighted by Gasteiger charge is -2.35. The van der Waals surface area contributed by atoms with Gasteiger partial charge in [0.15, 0.2) is 5.78 Å². The van der Waals surface area contributed by atoms with Crippen LogP contribution < -0.4 is 14.2 Å². The second-order valence-electron chi connectivity index (χ2n) is 9.44. The molecule has 1 aliphatic rings. The molecular formula is C28H36O7. The topological polar surface area (TPSA) is 102 Å². The first kappa shape index (κ1) is 26.4. The van der Waals surface area contributed by atoms with Crippen LogP contribution in [0.2, 0.25) is 0 Å². The molecule has 190 valence electrons. The van der Waals surface area contributed by atoms with E-state index < -0.39 is 11.6 Å². The van der Waals surface area contributed by atoms with Gasteiger partial charge >= 0.3 is 5.97 Å². The molecule has 0 saturated carbocycles. The Bertz CT molecular complexity index is 1140. The number of phenolic OH excluding ortho intramolecular Hbond substituents is 1. The zero-order chi connectivity index (χ0) is 25.9. The van der Waals surface area contributed by atoms with Gasteiger partial charge in [-0.2, -0.15) is 0 Å². The molecule has 1 atom stereocenters. The largest absolute Gasteiger partial charge is 0.507 e. The molecule has 1 unspecified atom stereocenters. The van der Waals surface area contributed by atoms with Gasteiger partial charge in [0, 0.05) is 24.0 Å². The third-order valence-corrected chi connectivity index (χ3v) is 6.85. The standard InChI is InChI=1S/C28H36O7/c1-7-9-22-23(11-10-21(19(5)29)24(22)30)33-14-8-15-34-25-16(2)17(3)26-20(18(25)4)12-13-28(6,35-26)27(31)32/h10-11,30H,7-9,12-15H2,1-6H3,(H,31,32). The van der Waals surface area contributed by atoms with E-state index in [0.29, 0.717) is 61.5 Å². The molecular weight excluding hydrogens is 448 g/mol. The fourth-order valence-corrected chi connectivity index (χ4v) is 4.55. The molecule has 0 fully saturated rings. The fraction of sp³-hybridized carbons (Fsp3) is 0.500. The van der Waals surface area contributed by atoms with Gasteiger partial charge in [0.25, 0.3) is 0 Å². The van der Waals surface area contributed by atoms with Gasteiger partial charge in [0.1, 0.15) is 23.0 Å². The Kier molecular flexibility index (Phi) is 7.98. The molecule has 0 spiro atoms. The molecule has 7 nitrogen and oxygen atoms in total. The Hall–Kier alpha value is -3.22. The fourth-order valence-electron chi connectivity index (χ4n) is 4.55. The Morgan fingerprint density at radius 1 is 1.09 bits per heavy atom. The maximum atomic E-state index is 11.7. The summed E-state index contributed by atoms with van der Waals surface area (Å²) in [6.45, 7) is 11.8. The normalized spacial score (nSPS) is 16.9. The summed E-state index contributed by atoms with van der Waals surface area (Å²) in [5, 5.41) is 20.1. The second-order valence-corrected chi connectivity index (χ2v) is 9.44. The number of benzene rings is 2. The number of carbonyl (C=O) groups excluding carboxylic acids is 1. The molecule has 0 amide bonds. The molecule has 0 bridgehead atoms. The highest BCUT2D eigenvalue weighted by Gasteiger charge is 2.40. The van der Waals surface area contributed by atoms with Gasteiger partial charge in [0.2, 0.25) is 5.60 Å². The molecule has 0 saturated heterocycles. The van der Waals surface area contributed by atoms with E-state index in [1.54, 1.807) is 19.1 Å². The zero-order valence-electron chi connectivity index (χ0n) is 21.5. The number of hydrogen-bond acceptors (Lipinski definition) is 6. The number of ketones is 1. The molecule has 2 aromatic carbocycles. The number of fused-ring (bicyclic) bond motifs is 1. The van der Waals surface area contributed by atoms with Crippen LogP contribution in [0.1, 0.15) is 78.2 Å². The lowest BCUT2D eigenvalue weighted by Crippen LogP contribution is -2.44. The van der Waals surface area contributed by atoms with Crippen molar-refractivity contribution < 1.29 is 34.0 Å². The SMILES string of the molecule is CCCc1c(OCCCOc2c(C)c(C)c3c(c2C)CCC(C)(C(=O)O)O3)ccc(C(C)=O)c1O. The van der Waals surface area contributed by atoms with Gasteiger partial charge in [-0.25, -0.2) is 4.79 Å². The number of aliphatic carboxylic acids is 1. The molecule has 0 aliphatic carbocycles. The van der Waals surface area contributed by atoms with Crippen molar-refractivity contribution >= 4 is 11.8 Å². The number of Topliss-reactive ketones (excluding diaryl/α,β-unsaturated/α-hetero) is 1. The smallest absolute Gasteiger partial charge is 0.347 e. The van der Waals surface area contributed by atoms with Crippen LogP contribution in [-0.4, -0.2) is 40.8 Å². The van der Waals surface area contributed by atoms with E-state index in [1.165, 1.54) is 6.92 Å². The third-order valence-electron chi connectivity index (χ3n) is 6.85. The first-order chi connectivity index (χ1) is 16.5. The highest BCUT2D eigenvalue weighted by Crippen LogP contribution is 2.44. The summed E-state index contributed by atoms with van der Waals surface area (Å²) in [5.74, 6) is 0.923. The van der Waals surface area contributed by atoms with Gasteiger partial charge in [-0.1, -0.05) is 13.3 Å². The van der Waals surface area contributed by atoms with Crippen molar-refractivity contribution in [3.63, 3.8) is 0 Å². The Morgan fingerprint density at radius 2 is 1.77 bits per heavy atom. The molecule has 0 aromatic heterocycles. The summed E-state index contributed by atoms with van der Waals surface area (Å²) in [6, 6.07) is 3.34. The lowest BCUT2D eigenvalue weighted by atomic mass is 9.87. The van der Waals surface area contributed by atoms with Crippen molar-refractivity contribution in [3.8, 4) is 23.0 Å². The molecule has 7 heteroatoms. The van der Waals surface area contributed by atoms with Crippen molar-refractivity contribution in [3.05, 3.63) is 45.5 Å². The quantitative estimate of drug-likeness (QED) is 0.340. The van der Waals surface area contributed by atoms with Gasteiger partial charge in [-0.15, -0.1) is 0 Å². The van der Waals surface area contributed by atoms with Crippen molar-refractivity contribution in [2.24, 2.45) is 0 Å². The molecule has 1 heterocycles. The maximum absolute atomic E-state index is 11.7. The minimum Gasteiger partial charge on any atom is -0.507 e. The average molecular weight is 485 g/mol. The van der Waals surface area contributed by atoms with Crippen LogP contribution in [0.4, 0.5) is 0 Å². The minimum absolute atomic E-state index is 0.00472. The number of hydrogen-bond donors (Lipinski definition) is 2. The average Bonchev–Trinajstić information content (AvgIpc) is 2.81. The Balaban J connectivity index is 1.67. The van der Waals surface area contributed by atoms with E-state index in [4.69, 9.17) is 14.2 Å². The number of ether oxygens (including phenoxy) is 3. The molecule has 2 aromatic rings. The van der Waals surface area contributed by atoms with Crippen LogP contribution in [-0.2, 0) is 17.6 Å². The first-order valence-corrected chi connectivity index (χ1v) is 12.2. The zero-order valence-corrected chi connectivity index (χ0v) is 21.5. The number of carboxylic acid groups (broad SMARTS) is 1. The van der Waals surface area contributed by atoms with Crippen molar-refractivity contribution in [2.75, 3.05) is 13.2 Å². The van der Waals surface area contributed by atoms with Crippen LogP contribution in [0.25, 0.3) is 0 Å². The van der Waals surface area contributed by atoms with Crippen molar-refractivity contribution in [1.29, 1.82) is 0 Å². The summed E-state index contributed by atoms with van der Waals surface area (Å²) in [4.78, 5) is 23.4. The minimum atomic E-state index is -1.22. The predicted octanol–water partition coefficient (Wildman–Crippen LogP) is 5.49. The van der Waals surface area contributed by atoms with Crippen LogP contribution in [0, 0.1) is 20.8 Å². The molecule has 2 N–H and O–H groups in total. The van der Waals surface area contributed by atoms with Crippen LogP contribution in [0.5, 0.6) is 23.0 Å². The van der Waals surface area contributed by atoms with Crippen LogP contribution in [0.15, 0.2) is 12.1 Å². The Morgan fingerprint density at radius 3 is 2.40 bits per heavy atom. The number of phenols is 1. The monoisotopic (exact) mass is 484 g/mol. The molecule has 35 heavy (non-hydrogen) atoms. The summed E-state index contributed by atoms with van der Waals surface area (Å²) < 4.78 is 18.1. The lowest BCUT2D eigenvalue weighted by molar-refractivity contribution is -0.155. The van der Waals surface area contributed by atoms with Gasteiger partial charge in [-0.05, 0) is 76.3 Å². The summed E-state index contributed by atoms with van der Waals surface area (Å²) >= 11 is 0. The van der Waals surface area contributed by atoms with Crippen molar-refractivity contribution in [1.82, 2.24) is 0 Å². The van der Waals surface area contributed by atoms with E-state index in [2.05, 4.69) is 0 Å². The number of aromatic hydroxyl groups is 1. The highest BCUT2D eigenvalue weighted by molar-refractivity contribution is 5.97. The number of carbonyl (C=O) groups is 2. The summed E-state index contributed by atoms with van der Waals surface area (Å²) in [5.41, 5.74) is 3.57. The van der Waals surface area contributed by atoms with Crippen molar-refractivity contribution in [2.45, 2.75) is 79.2 Å². The van der Waals surface area contributed by atoms with Gasteiger partial charge in [-0.3, -0.25) is 4.79 Å². The van der Waals surface area contributed by atoms with E-state index in [-0.39, 0.29) is 11.5 Å². The molecule has 0 radical (unpaired) electrons. The predicted molar refractivity (Wildman–Crippen MR) is 133 cm³/mol. The highest BCUT2D eigenvalue weighted by atomic mass is 16.5. The number of carboxylic acids is 1. The third kappa shape index (κ3) is 5.24. The van der Waals surface area contributed by atoms with Crippen LogP contribution in [0.3, 0.4) is 0 Å². The van der Waals surface area contributed by atoms with Crippen LogP contribution >= 0.6 is 0 Å². The molecule has 3 rings (SSSR count). The van der Waals surface area contributed by atoms with E-state index in [0.717, 1.165) is 34.4 Å². The molecule has 1 aliphatic heterocycles. The van der Waals surface area contributed by atoms with Gasteiger partial charge < -0.3 is 24.4 Å². The van der Waals surface area contributed by atoms with E-state index in [9.17, 15) is 19.8 Å². The van der Waals surface area contributed by atoms with Gasteiger partial charge in [0.05, 0.1) is 18.8 Å².